The molecular formula is C10H17NO6. The van der Waals surface area contributed by atoms with E-state index in [1.165, 1.54) is 12.0 Å². The number of amides is 1. The Labute approximate surface area is 99.6 Å². The number of nitrogens with zero attached hydrogens (tertiary/aromatic N) is 1. The van der Waals surface area contributed by atoms with Crippen molar-refractivity contribution < 1.29 is 28.5 Å². The number of rotatable bonds is 6. The average molecular weight is 247 g/mol. The van der Waals surface area contributed by atoms with E-state index in [-0.39, 0.29) is 6.10 Å². The summed E-state index contributed by atoms with van der Waals surface area (Å²) in [6.07, 6.45) is -0.881. The first-order valence-electron chi connectivity index (χ1n) is 5.27. The summed E-state index contributed by atoms with van der Waals surface area (Å²) in [6, 6.07) is 0. The molecule has 2 atom stereocenters. The van der Waals surface area contributed by atoms with Crippen molar-refractivity contribution in [2.45, 2.75) is 18.8 Å². The highest BCUT2D eigenvalue weighted by Gasteiger charge is 2.37. The van der Waals surface area contributed by atoms with Gasteiger partial charge in [0, 0.05) is 13.5 Å². The molecule has 1 saturated heterocycles. The molecule has 17 heavy (non-hydrogen) atoms. The third-order valence-corrected chi connectivity index (χ3v) is 2.48. The van der Waals surface area contributed by atoms with Crippen LogP contribution in [0.1, 0.15) is 6.42 Å². The number of ether oxygens (including phenoxy) is 4. The Morgan fingerprint density at radius 1 is 1.41 bits per heavy atom. The van der Waals surface area contributed by atoms with Gasteiger partial charge in [0.1, 0.15) is 0 Å². The van der Waals surface area contributed by atoms with Crippen LogP contribution in [0.5, 0.6) is 0 Å². The Morgan fingerprint density at radius 2 is 2.18 bits per heavy atom. The maximum Gasteiger partial charge on any atom is 0.412 e. The number of likely N-dealkylation sites (tertiary alicyclic amines) is 1. The van der Waals surface area contributed by atoms with E-state index in [0.29, 0.717) is 32.7 Å². The second kappa shape index (κ2) is 7.08. The van der Waals surface area contributed by atoms with Crippen molar-refractivity contribution in [3.8, 4) is 0 Å². The molecule has 0 spiro atoms. The van der Waals surface area contributed by atoms with Crippen LogP contribution in [0.4, 0.5) is 4.79 Å². The summed E-state index contributed by atoms with van der Waals surface area (Å²) in [6.45, 7) is 1.57. The van der Waals surface area contributed by atoms with Crippen molar-refractivity contribution in [3.63, 3.8) is 0 Å². The zero-order chi connectivity index (χ0) is 12.7. The van der Waals surface area contributed by atoms with Gasteiger partial charge in [0.05, 0.1) is 33.0 Å². The average Bonchev–Trinajstić information content (AvgIpc) is 2.72. The monoisotopic (exact) mass is 247 g/mol. The van der Waals surface area contributed by atoms with Crippen LogP contribution in [0.25, 0.3) is 0 Å². The largest absolute Gasteiger partial charge is 0.453 e. The maximum absolute atomic E-state index is 11.4. The summed E-state index contributed by atoms with van der Waals surface area (Å²) in [5.41, 5.74) is 0. The molecule has 0 aliphatic carbocycles. The Bertz CT molecular complexity index is 259. The van der Waals surface area contributed by atoms with Gasteiger partial charge in [0.15, 0.2) is 6.23 Å². The third kappa shape index (κ3) is 3.86. The minimum Gasteiger partial charge on any atom is -0.453 e. The highest BCUT2D eigenvalue weighted by Crippen LogP contribution is 2.21. The topological polar surface area (TPSA) is 74.3 Å². The molecule has 7 nitrogen and oxygen atoms in total. The van der Waals surface area contributed by atoms with Gasteiger partial charge in [0.2, 0.25) is 0 Å². The van der Waals surface area contributed by atoms with Gasteiger partial charge in [-0.1, -0.05) is 0 Å². The SMILES string of the molecule is COCCO[C@@H]1C[C@@H](OC=O)N(C(=O)OC)C1. The molecule has 0 saturated carbocycles. The zero-order valence-corrected chi connectivity index (χ0v) is 9.96. The highest BCUT2D eigenvalue weighted by atomic mass is 16.6. The van der Waals surface area contributed by atoms with Crippen molar-refractivity contribution in [3.05, 3.63) is 0 Å². The van der Waals surface area contributed by atoms with Crippen LogP contribution in [0, 0.1) is 0 Å². The van der Waals surface area contributed by atoms with Crippen LogP contribution in [-0.2, 0) is 23.7 Å². The first-order chi connectivity index (χ1) is 8.22. The number of carbonyl (C=O) groups is 2. The van der Waals surface area contributed by atoms with Crippen molar-refractivity contribution in [2.24, 2.45) is 0 Å². The van der Waals surface area contributed by atoms with Crippen LogP contribution < -0.4 is 0 Å². The van der Waals surface area contributed by atoms with Crippen molar-refractivity contribution >= 4 is 12.6 Å². The van der Waals surface area contributed by atoms with E-state index in [1.54, 1.807) is 7.11 Å². The van der Waals surface area contributed by atoms with Crippen LogP contribution >= 0.6 is 0 Å². The Kier molecular flexibility index (Phi) is 5.71. The van der Waals surface area contributed by atoms with Gasteiger partial charge in [-0.05, 0) is 0 Å². The lowest BCUT2D eigenvalue weighted by molar-refractivity contribution is -0.139. The molecule has 0 unspecified atom stereocenters. The predicted molar refractivity (Wildman–Crippen MR) is 56.3 cm³/mol. The molecule has 1 fully saturated rings. The molecule has 1 rings (SSSR count). The zero-order valence-electron chi connectivity index (χ0n) is 9.96. The van der Waals surface area contributed by atoms with Gasteiger partial charge >= 0.3 is 6.09 Å². The molecule has 1 aliphatic rings. The fourth-order valence-corrected chi connectivity index (χ4v) is 1.68. The summed E-state index contributed by atoms with van der Waals surface area (Å²) in [5, 5.41) is 0. The van der Waals surface area contributed by atoms with Gasteiger partial charge in [-0.25, -0.2) is 4.79 Å². The van der Waals surface area contributed by atoms with Crippen LogP contribution in [-0.4, -0.2) is 63.8 Å². The van der Waals surface area contributed by atoms with E-state index in [9.17, 15) is 9.59 Å². The van der Waals surface area contributed by atoms with E-state index in [2.05, 4.69) is 4.74 Å². The number of hydrogen-bond donors (Lipinski definition) is 0. The lowest BCUT2D eigenvalue weighted by Gasteiger charge is -2.20. The third-order valence-electron chi connectivity index (χ3n) is 2.48. The van der Waals surface area contributed by atoms with Crippen LogP contribution in [0.15, 0.2) is 0 Å². The fraction of sp³-hybridized carbons (Fsp3) is 0.800. The quantitative estimate of drug-likeness (QED) is 0.485. The van der Waals surface area contributed by atoms with Crippen LogP contribution in [0.2, 0.25) is 0 Å². The van der Waals surface area contributed by atoms with Crippen molar-refractivity contribution in [1.29, 1.82) is 0 Å². The number of carbonyl (C=O) groups excluding carboxylic acids is 2. The standard InChI is InChI=1S/C10H17NO6/c1-14-3-4-16-8-5-9(17-7-12)11(6-8)10(13)15-2/h7-9H,3-6H2,1-2H3/t8-,9-/m1/s1. The Hall–Kier alpha value is -1.34. The lowest BCUT2D eigenvalue weighted by Crippen LogP contribution is -2.37. The van der Waals surface area contributed by atoms with E-state index in [1.807, 2.05) is 0 Å². The highest BCUT2D eigenvalue weighted by molar-refractivity contribution is 5.68. The van der Waals surface area contributed by atoms with Gasteiger partial charge < -0.3 is 18.9 Å². The van der Waals surface area contributed by atoms with Gasteiger partial charge in [-0.3, -0.25) is 9.69 Å². The Balaban J connectivity index is 2.46. The molecule has 1 aliphatic heterocycles. The molecule has 0 radical (unpaired) electrons. The van der Waals surface area contributed by atoms with E-state index >= 15 is 0 Å². The minimum atomic E-state index is -0.618. The summed E-state index contributed by atoms with van der Waals surface area (Å²) >= 11 is 0. The van der Waals surface area contributed by atoms with Crippen LogP contribution in [0.3, 0.4) is 0 Å². The fourth-order valence-electron chi connectivity index (χ4n) is 1.68. The van der Waals surface area contributed by atoms with Gasteiger partial charge in [-0.2, -0.15) is 0 Å². The van der Waals surface area contributed by atoms with E-state index in [4.69, 9.17) is 14.2 Å². The smallest absolute Gasteiger partial charge is 0.412 e. The van der Waals surface area contributed by atoms with Crippen molar-refractivity contribution in [1.82, 2.24) is 4.90 Å². The summed E-state index contributed by atoms with van der Waals surface area (Å²) in [5.74, 6) is 0. The summed E-state index contributed by atoms with van der Waals surface area (Å²) < 4.78 is 19.7. The lowest BCUT2D eigenvalue weighted by atomic mass is 10.3. The normalized spacial score (nSPS) is 23.5. The minimum absolute atomic E-state index is 0.172. The number of methoxy groups -OCH3 is 2. The predicted octanol–water partition coefficient (Wildman–Crippen LogP) is -0.0108. The molecule has 0 aromatic rings. The number of hydrogen-bond acceptors (Lipinski definition) is 6. The molecule has 0 N–H and O–H groups in total. The first-order valence-corrected chi connectivity index (χ1v) is 5.27. The van der Waals surface area contributed by atoms with E-state index in [0.717, 1.165) is 0 Å². The molecule has 98 valence electrons. The molecular weight excluding hydrogens is 230 g/mol. The maximum atomic E-state index is 11.4. The first kappa shape index (κ1) is 13.7. The molecule has 1 amide bonds. The molecule has 0 aromatic carbocycles. The Morgan fingerprint density at radius 3 is 2.76 bits per heavy atom. The molecule has 0 aromatic heterocycles. The van der Waals surface area contributed by atoms with E-state index < -0.39 is 12.3 Å². The van der Waals surface area contributed by atoms with Crippen molar-refractivity contribution in [2.75, 3.05) is 34.0 Å². The second-order valence-electron chi connectivity index (χ2n) is 3.53. The van der Waals surface area contributed by atoms with Gasteiger partial charge in [-0.15, -0.1) is 0 Å². The molecule has 7 heteroatoms. The summed E-state index contributed by atoms with van der Waals surface area (Å²) in [4.78, 5) is 23.1. The van der Waals surface area contributed by atoms with Gasteiger partial charge in [0.25, 0.3) is 6.47 Å². The summed E-state index contributed by atoms with van der Waals surface area (Å²) in [7, 11) is 2.86. The molecule has 0 bridgehead atoms. The molecule has 1 heterocycles. The second-order valence-corrected chi connectivity index (χ2v) is 3.53.